The van der Waals surface area contributed by atoms with E-state index in [1.54, 1.807) is 0 Å². The minimum Gasteiger partial charge on any atom is -0.399 e. The van der Waals surface area contributed by atoms with Crippen LogP contribution in [0.15, 0.2) is 109 Å². The molecule has 4 aromatic rings. The van der Waals surface area contributed by atoms with Gasteiger partial charge < -0.3 is 18.6 Å². The average Bonchev–Trinajstić information content (AvgIpc) is 3.36. The first-order valence-corrected chi connectivity index (χ1v) is 15.8. The van der Waals surface area contributed by atoms with E-state index in [4.69, 9.17) is 18.6 Å². The summed E-state index contributed by atoms with van der Waals surface area (Å²) in [5, 5.41) is 0. The number of hydrogen-bond donors (Lipinski definition) is 0. The Labute approximate surface area is 264 Å². The molecule has 0 aromatic heterocycles. The van der Waals surface area contributed by atoms with E-state index < -0.39 is 14.2 Å². The Morgan fingerprint density at radius 3 is 0.886 bits per heavy atom. The lowest BCUT2D eigenvalue weighted by Gasteiger charge is -2.32. The van der Waals surface area contributed by atoms with Crippen molar-refractivity contribution in [2.45, 2.75) is 89.6 Å². The Bertz CT molecular complexity index is 1410. The normalized spacial score (nSPS) is 21.3. The third-order valence-electron chi connectivity index (χ3n) is 10.3. The van der Waals surface area contributed by atoms with Gasteiger partial charge in [0.1, 0.15) is 0 Å². The molecule has 6 rings (SSSR count). The summed E-state index contributed by atoms with van der Waals surface area (Å²) in [4.78, 5) is 0. The molecule has 44 heavy (non-hydrogen) atoms. The van der Waals surface area contributed by atoms with Crippen LogP contribution in [0.25, 0.3) is 0 Å². The summed E-state index contributed by atoms with van der Waals surface area (Å²) in [5.41, 5.74) is 5.53. The van der Waals surface area contributed by atoms with E-state index in [1.165, 1.54) is 22.3 Å². The maximum atomic E-state index is 6.36. The van der Waals surface area contributed by atoms with E-state index in [9.17, 15) is 0 Å². The van der Waals surface area contributed by atoms with Gasteiger partial charge in [0.15, 0.2) is 0 Å². The van der Waals surface area contributed by atoms with Crippen LogP contribution in [0.2, 0.25) is 0 Å². The Hall–Kier alpha value is -3.15. The highest BCUT2D eigenvalue weighted by Gasteiger charge is 2.52. The van der Waals surface area contributed by atoms with E-state index in [1.807, 2.05) is 0 Å². The second-order valence-corrected chi connectivity index (χ2v) is 14.3. The van der Waals surface area contributed by atoms with Gasteiger partial charge in [-0.1, -0.05) is 109 Å². The molecule has 6 heteroatoms. The van der Waals surface area contributed by atoms with Gasteiger partial charge in [-0.3, -0.25) is 0 Å². The van der Waals surface area contributed by atoms with Crippen LogP contribution < -0.4 is 10.9 Å². The summed E-state index contributed by atoms with van der Waals surface area (Å²) in [6.45, 7) is 16.7. The minimum atomic E-state index is -0.392. The van der Waals surface area contributed by atoms with Crippen molar-refractivity contribution in [3.63, 3.8) is 0 Å². The fourth-order valence-corrected chi connectivity index (χ4v) is 6.15. The van der Waals surface area contributed by atoms with Crippen LogP contribution in [0.1, 0.15) is 89.5 Å². The molecule has 0 saturated carbocycles. The molecule has 2 atom stereocenters. The Balaban J connectivity index is 1.38. The van der Waals surface area contributed by atoms with Crippen LogP contribution >= 0.6 is 0 Å². The van der Waals surface area contributed by atoms with Crippen LogP contribution in [-0.4, -0.2) is 36.6 Å². The molecule has 0 aliphatic carbocycles. The molecule has 2 heterocycles. The topological polar surface area (TPSA) is 36.9 Å². The van der Waals surface area contributed by atoms with E-state index in [0.717, 1.165) is 10.9 Å². The van der Waals surface area contributed by atoms with Crippen LogP contribution in [0.3, 0.4) is 0 Å². The highest BCUT2D eigenvalue weighted by molar-refractivity contribution is 6.62. The maximum absolute atomic E-state index is 6.36. The van der Waals surface area contributed by atoms with Gasteiger partial charge in [0.05, 0.1) is 22.4 Å². The molecule has 4 nitrogen and oxygen atoms in total. The highest BCUT2D eigenvalue weighted by atomic mass is 16.7. The number of hydrogen-bond acceptors (Lipinski definition) is 4. The van der Waals surface area contributed by atoms with Crippen LogP contribution in [0.4, 0.5) is 0 Å². The lowest BCUT2D eigenvalue weighted by Crippen LogP contribution is -2.41. The summed E-state index contributed by atoms with van der Waals surface area (Å²) >= 11 is 0. The summed E-state index contributed by atoms with van der Waals surface area (Å²) in [5.74, 6) is 0.155. The number of benzene rings is 4. The predicted molar refractivity (Wildman–Crippen MR) is 181 cm³/mol. The molecule has 2 fully saturated rings. The van der Waals surface area contributed by atoms with Crippen molar-refractivity contribution in [1.29, 1.82) is 0 Å². The van der Waals surface area contributed by atoms with Crippen molar-refractivity contribution in [3.8, 4) is 0 Å². The molecule has 2 saturated heterocycles. The Morgan fingerprint density at radius 2 is 0.614 bits per heavy atom. The second kappa shape index (κ2) is 11.3. The van der Waals surface area contributed by atoms with Gasteiger partial charge in [0.2, 0.25) is 0 Å². The zero-order chi connectivity index (χ0) is 31.3. The predicted octanol–water partition coefficient (Wildman–Crippen LogP) is 7.25. The molecular formula is C38H44B2O4. The second-order valence-electron chi connectivity index (χ2n) is 14.3. The molecule has 0 radical (unpaired) electrons. The van der Waals surface area contributed by atoms with Gasteiger partial charge >= 0.3 is 14.2 Å². The van der Waals surface area contributed by atoms with Crippen molar-refractivity contribution in [3.05, 3.63) is 131 Å². The minimum absolute atomic E-state index is 0.0774. The number of rotatable bonds is 7. The molecule has 0 amide bonds. The van der Waals surface area contributed by atoms with Crippen LogP contribution in [0.5, 0.6) is 0 Å². The fourth-order valence-electron chi connectivity index (χ4n) is 6.15. The standard InChI is InChI=1S/C38H44B2O4/c1-35(2)36(3,4)42-39(41-35)31-23-19-29(20-24-31)33(27-15-11-9-12-16-27)34(28-17-13-10-14-18-28)30-21-25-32(26-22-30)40-43-37(5,6)38(7,8)44-40/h9-26,33-34H,1-8H3. The quantitative estimate of drug-likeness (QED) is 0.214. The summed E-state index contributed by atoms with van der Waals surface area (Å²) in [6, 6.07) is 39.3. The van der Waals surface area contributed by atoms with Gasteiger partial charge in [0, 0.05) is 11.8 Å². The summed E-state index contributed by atoms with van der Waals surface area (Å²) in [7, 11) is -0.784. The van der Waals surface area contributed by atoms with E-state index in [-0.39, 0.29) is 34.2 Å². The third kappa shape index (κ3) is 5.70. The fraction of sp³-hybridized carbons (Fsp3) is 0.368. The molecule has 0 bridgehead atoms. The van der Waals surface area contributed by atoms with Gasteiger partial charge in [-0.15, -0.1) is 0 Å². The Kier molecular flexibility index (Phi) is 7.95. The average molecular weight is 586 g/mol. The molecule has 0 N–H and O–H groups in total. The largest absolute Gasteiger partial charge is 0.494 e. The Morgan fingerprint density at radius 1 is 0.364 bits per heavy atom. The van der Waals surface area contributed by atoms with Crippen molar-refractivity contribution in [2.24, 2.45) is 0 Å². The molecule has 2 aliphatic rings. The van der Waals surface area contributed by atoms with Crippen molar-refractivity contribution < 1.29 is 18.6 Å². The lowest BCUT2D eigenvalue weighted by molar-refractivity contribution is 0.00578. The van der Waals surface area contributed by atoms with E-state index in [0.29, 0.717) is 0 Å². The first-order chi connectivity index (χ1) is 20.8. The van der Waals surface area contributed by atoms with Crippen molar-refractivity contribution in [1.82, 2.24) is 0 Å². The highest BCUT2D eigenvalue weighted by Crippen LogP contribution is 2.43. The van der Waals surface area contributed by atoms with Crippen LogP contribution in [0, 0.1) is 0 Å². The summed E-state index contributed by atoms with van der Waals surface area (Å²) in [6.07, 6.45) is 0. The zero-order valence-corrected chi connectivity index (χ0v) is 27.3. The maximum Gasteiger partial charge on any atom is 0.494 e. The molecule has 0 spiro atoms. The molecule has 2 aliphatic heterocycles. The molecule has 4 aromatic carbocycles. The van der Waals surface area contributed by atoms with Crippen molar-refractivity contribution >= 4 is 25.2 Å². The monoisotopic (exact) mass is 586 g/mol. The smallest absolute Gasteiger partial charge is 0.399 e. The van der Waals surface area contributed by atoms with E-state index in [2.05, 4.69) is 165 Å². The van der Waals surface area contributed by atoms with Gasteiger partial charge in [-0.2, -0.15) is 0 Å². The third-order valence-corrected chi connectivity index (χ3v) is 10.3. The molecule has 2 unspecified atom stereocenters. The lowest BCUT2D eigenvalue weighted by atomic mass is 9.71. The molecular weight excluding hydrogens is 542 g/mol. The first-order valence-electron chi connectivity index (χ1n) is 15.8. The van der Waals surface area contributed by atoms with E-state index >= 15 is 0 Å². The molecule has 226 valence electrons. The summed E-state index contributed by atoms with van der Waals surface area (Å²) < 4.78 is 25.4. The SMILES string of the molecule is CC1(C)OB(c2ccc(C(c3ccccc3)C(c3ccccc3)c3ccc(B4OC(C)(C)C(C)(C)O4)cc3)cc2)OC1(C)C. The van der Waals surface area contributed by atoms with Gasteiger partial charge in [0.25, 0.3) is 0 Å². The zero-order valence-electron chi connectivity index (χ0n) is 27.3. The van der Waals surface area contributed by atoms with Crippen LogP contribution in [-0.2, 0) is 18.6 Å². The van der Waals surface area contributed by atoms with Gasteiger partial charge in [-0.05, 0) is 88.6 Å². The van der Waals surface area contributed by atoms with Gasteiger partial charge in [-0.25, -0.2) is 0 Å². The first kappa shape index (κ1) is 30.9. The van der Waals surface area contributed by atoms with Crippen molar-refractivity contribution in [2.75, 3.05) is 0 Å².